The lowest BCUT2D eigenvalue weighted by Crippen LogP contribution is -2.03. The summed E-state index contributed by atoms with van der Waals surface area (Å²) in [6, 6.07) is 14.1. The third-order valence-electron chi connectivity index (χ3n) is 2.74. The molecule has 0 aromatic heterocycles. The molecule has 18 heavy (non-hydrogen) atoms. The molecule has 0 heterocycles. The Kier molecular flexibility index (Phi) is 4.39. The molecule has 2 aromatic rings. The van der Waals surface area contributed by atoms with Crippen LogP contribution in [0.15, 0.2) is 46.9 Å². The van der Waals surface area contributed by atoms with E-state index in [9.17, 15) is 0 Å². The molecule has 94 valence electrons. The Morgan fingerprint density at radius 1 is 1.11 bits per heavy atom. The van der Waals surface area contributed by atoms with Crippen molar-refractivity contribution in [1.82, 2.24) is 0 Å². The van der Waals surface area contributed by atoms with Crippen LogP contribution in [0.5, 0.6) is 11.5 Å². The monoisotopic (exact) mass is 305 g/mol. The maximum Gasteiger partial charge on any atom is 0.141 e. The molecule has 0 aliphatic heterocycles. The first-order valence-electron chi connectivity index (χ1n) is 5.92. The predicted octanol–water partition coefficient (Wildman–Crippen LogP) is 4.05. The zero-order valence-electron chi connectivity index (χ0n) is 10.3. The van der Waals surface area contributed by atoms with E-state index in [1.807, 2.05) is 31.2 Å². The molecule has 0 fully saturated rings. The van der Waals surface area contributed by atoms with E-state index < -0.39 is 0 Å². The van der Waals surface area contributed by atoms with Gasteiger partial charge in [0.1, 0.15) is 11.5 Å². The van der Waals surface area contributed by atoms with E-state index in [0.29, 0.717) is 6.54 Å². The van der Waals surface area contributed by atoms with Gasteiger partial charge in [0.15, 0.2) is 0 Å². The summed E-state index contributed by atoms with van der Waals surface area (Å²) >= 11 is 3.48. The van der Waals surface area contributed by atoms with Gasteiger partial charge >= 0.3 is 0 Å². The molecule has 3 heteroatoms. The van der Waals surface area contributed by atoms with Crippen LogP contribution in [0.25, 0.3) is 0 Å². The highest BCUT2D eigenvalue weighted by atomic mass is 79.9. The first-order chi connectivity index (χ1) is 8.70. The van der Waals surface area contributed by atoms with Gasteiger partial charge in [-0.3, -0.25) is 0 Å². The second kappa shape index (κ2) is 6.03. The molecule has 0 amide bonds. The summed E-state index contributed by atoms with van der Waals surface area (Å²) in [5, 5.41) is 0. The third-order valence-corrected chi connectivity index (χ3v) is 3.40. The number of halogens is 1. The summed E-state index contributed by atoms with van der Waals surface area (Å²) in [5.41, 5.74) is 7.89. The molecule has 2 nitrogen and oxygen atoms in total. The van der Waals surface area contributed by atoms with E-state index in [0.717, 1.165) is 28.0 Å². The summed E-state index contributed by atoms with van der Waals surface area (Å²) in [6.45, 7) is 2.69. The van der Waals surface area contributed by atoms with Gasteiger partial charge < -0.3 is 10.5 Å². The fraction of sp³-hybridized carbons (Fsp3) is 0.200. The van der Waals surface area contributed by atoms with Gasteiger partial charge in [0, 0.05) is 0 Å². The molecule has 0 aliphatic rings. The van der Waals surface area contributed by atoms with Crippen molar-refractivity contribution in [2.24, 2.45) is 5.73 Å². The van der Waals surface area contributed by atoms with Gasteiger partial charge in [0.2, 0.25) is 0 Å². The van der Waals surface area contributed by atoms with Crippen LogP contribution in [-0.4, -0.2) is 6.54 Å². The first-order valence-corrected chi connectivity index (χ1v) is 6.72. The van der Waals surface area contributed by atoms with Crippen LogP contribution in [0.1, 0.15) is 11.1 Å². The number of hydrogen-bond acceptors (Lipinski definition) is 2. The number of benzene rings is 2. The van der Waals surface area contributed by atoms with Gasteiger partial charge in [0.25, 0.3) is 0 Å². The summed E-state index contributed by atoms with van der Waals surface area (Å²) in [7, 11) is 0. The smallest absolute Gasteiger partial charge is 0.141 e. The van der Waals surface area contributed by atoms with Crippen LogP contribution in [0.3, 0.4) is 0 Å². The second-order valence-corrected chi connectivity index (χ2v) is 5.03. The molecule has 0 bridgehead atoms. The molecular weight excluding hydrogens is 290 g/mol. The van der Waals surface area contributed by atoms with Crippen LogP contribution in [0.4, 0.5) is 0 Å². The van der Waals surface area contributed by atoms with E-state index >= 15 is 0 Å². The molecule has 0 radical (unpaired) electrons. The minimum atomic E-state index is 0.650. The standard InChI is InChI=1S/C15H16BrNO/c1-11-6-7-12(8-9-17)10-15(11)18-14-5-3-2-4-13(14)16/h2-7,10H,8-9,17H2,1H3. The SMILES string of the molecule is Cc1ccc(CCN)cc1Oc1ccccc1Br. The van der Waals surface area contributed by atoms with Crippen molar-refractivity contribution < 1.29 is 4.74 Å². The van der Waals surface area contributed by atoms with E-state index in [2.05, 4.69) is 34.1 Å². The molecule has 0 saturated heterocycles. The first kappa shape index (κ1) is 13.1. The molecule has 0 unspecified atom stereocenters. The Bertz CT molecular complexity index is 540. The summed E-state index contributed by atoms with van der Waals surface area (Å²) in [6.07, 6.45) is 0.868. The largest absolute Gasteiger partial charge is 0.456 e. The number of ether oxygens (including phenoxy) is 1. The highest BCUT2D eigenvalue weighted by molar-refractivity contribution is 9.10. The molecule has 0 atom stereocenters. The average Bonchev–Trinajstić information content (AvgIpc) is 2.36. The zero-order chi connectivity index (χ0) is 13.0. The fourth-order valence-corrected chi connectivity index (χ4v) is 2.09. The molecule has 0 aliphatic carbocycles. The molecule has 2 N–H and O–H groups in total. The number of para-hydroxylation sites is 1. The van der Waals surface area contributed by atoms with Crippen molar-refractivity contribution >= 4 is 15.9 Å². The Hall–Kier alpha value is -1.32. The normalized spacial score (nSPS) is 10.4. The quantitative estimate of drug-likeness (QED) is 0.925. The number of hydrogen-bond donors (Lipinski definition) is 1. The van der Waals surface area contributed by atoms with Gasteiger partial charge in [-0.1, -0.05) is 24.3 Å². The van der Waals surface area contributed by atoms with Gasteiger partial charge in [-0.15, -0.1) is 0 Å². The second-order valence-electron chi connectivity index (χ2n) is 4.17. The van der Waals surface area contributed by atoms with Gasteiger partial charge in [0.05, 0.1) is 4.47 Å². The molecule has 0 saturated carbocycles. The molecule has 2 aromatic carbocycles. The van der Waals surface area contributed by atoms with E-state index in [1.165, 1.54) is 5.56 Å². The minimum absolute atomic E-state index is 0.650. The summed E-state index contributed by atoms with van der Waals surface area (Å²) in [4.78, 5) is 0. The summed E-state index contributed by atoms with van der Waals surface area (Å²) < 4.78 is 6.89. The lowest BCUT2D eigenvalue weighted by Gasteiger charge is -2.11. The van der Waals surface area contributed by atoms with Crippen molar-refractivity contribution in [2.45, 2.75) is 13.3 Å². The van der Waals surface area contributed by atoms with Crippen LogP contribution in [0.2, 0.25) is 0 Å². The van der Waals surface area contributed by atoms with Crippen LogP contribution >= 0.6 is 15.9 Å². The van der Waals surface area contributed by atoms with Crippen molar-refractivity contribution in [3.05, 3.63) is 58.1 Å². The lowest BCUT2D eigenvalue weighted by atomic mass is 10.1. The molecular formula is C15H16BrNO. The zero-order valence-corrected chi connectivity index (χ0v) is 11.9. The van der Waals surface area contributed by atoms with E-state index in [-0.39, 0.29) is 0 Å². The number of nitrogens with two attached hydrogens (primary N) is 1. The molecule has 2 rings (SSSR count). The topological polar surface area (TPSA) is 35.2 Å². The Morgan fingerprint density at radius 2 is 1.89 bits per heavy atom. The highest BCUT2D eigenvalue weighted by Gasteiger charge is 2.05. The average molecular weight is 306 g/mol. The minimum Gasteiger partial charge on any atom is -0.456 e. The van der Waals surface area contributed by atoms with E-state index in [1.54, 1.807) is 0 Å². The number of aryl methyl sites for hydroxylation is 1. The number of rotatable bonds is 4. The van der Waals surface area contributed by atoms with Gasteiger partial charge in [-0.2, -0.15) is 0 Å². The van der Waals surface area contributed by atoms with E-state index in [4.69, 9.17) is 10.5 Å². The highest BCUT2D eigenvalue weighted by Crippen LogP contribution is 2.31. The lowest BCUT2D eigenvalue weighted by molar-refractivity contribution is 0.475. The van der Waals surface area contributed by atoms with Crippen molar-refractivity contribution in [1.29, 1.82) is 0 Å². The van der Waals surface area contributed by atoms with Crippen LogP contribution in [0, 0.1) is 6.92 Å². The Balaban J connectivity index is 2.28. The van der Waals surface area contributed by atoms with Gasteiger partial charge in [-0.25, -0.2) is 0 Å². The van der Waals surface area contributed by atoms with Crippen LogP contribution in [-0.2, 0) is 6.42 Å². The van der Waals surface area contributed by atoms with Crippen LogP contribution < -0.4 is 10.5 Å². The Morgan fingerprint density at radius 3 is 2.61 bits per heavy atom. The third kappa shape index (κ3) is 3.12. The van der Waals surface area contributed by atoms with Crippen molar-refractivity contribution in [3.8, 4) is 11.5 Å². The maximum absolute atomic E-state index is 5.94. The van der Waals surface area contributed by atoms with Crippen molar-refractivity contribution in [2.75, 3.05) is 6.54 Å². The summed E-state index contributed by atoms with van der Waals surface area (Å²) in [5.74, 6) is 1.71. The predicted molar refractivity (Wildman–Crippen MR) is 78.2 cm³/mol. The Labute approximate surface area is 116 Å². The maximum atomic E-state index is 5.94. The van der Waals surface area contributed by atoms with Crippen molar-refractivity contribution in [3.63, 3.8) is 0 Å². The van der Waals surface area contributed by atoms with Gasteiger partial charge in [-0.05, 0) is 65.1 Å². The molecule has 0 spiro atoms. The fourth-order valence-electron chi connectivity index (χ4n) is 1.72.